The van der Waals surface area contributed by atoms with Gasteiger partial charge in [-0.05, 0) is 46.9 Å². The molecule has 3 aromatic carbocycles. The van der Waals surface area contributed by atoms with E-state index in [1.54, 1.807) is 0 Å². The van der Waals surface area contributed by atoms with E-state index in [1.165, 1.54) is 16.7 Å². The van der Waals surface area contributed by atoms with Crippen LogP contribution in [0.25, 0.3) is 0 Å². The predicted molar refractivity (Wildman–Crippen MR) is 110 cm³/mol. The van der Waals surface area contributed by atoms with Gasteiger partial charge in [-0.3, -0.25) is 0 Å². The molecular formula is C21H19Cl2NS. The average Bonchev–Trinajstić information content (AvgIpc) is 2.62. The van der Waals surface area contributed by atoms with Gasteiger partial charge in [-0.2, -0.15) is 0 Å². The summed E-state index contributed by atoms with van der Waals surface area (Å²) in [5, 5.41) is 4.66. The van der Waals surface area contributed by atoms with E-state index >= 15 is 0 Å². The number of benzene rings is 3. The fraction of sp³-hybridized carbons (Fsp3) is 0.143. The van der Waals surface area contributed by atoms with Gasteiger partial charge in [0.1, 0.15) is 0 Å². The maximum atomic E-state index is 6.11. The Bertz CT molecular complexity index is 850. The number of nitrogens with one attached hydrogen (secondary N) is 1. The van der Waals surface area contributed by atoms with E-state index in [4.69, 9.17) is 23.2 Å². The average molecular weight is 388 g/mol. The molecule has 4 heteroatoms. The molecule has 0 aliphatic heterocycles. The fourth-order valence-electron chi connectivity index (χ4n) is 2.71. The molecule has 0 aliphatic carbocycles. The Balaban J connectivity index is 1.66. The van der Waals surface area contributed by atoms with Crippen LogP contribution < -0.4 is 5.32 Å². The van der Waals surface area contributed by atoms with Crippen LogP contribution in [0.3, 0.4) is 0 Å². The Morgan fingerprint density at radius 1 is 0.720 bits per heavy atom. The first-order valence-electron chi connectivity index (χ1n) is 8.11. The molecule has 0 amide bonds. The lowest BCUT2D eigenvalue weighted by atomic mass is 10.0. The Hall–Kier alpha value is -1.45. The molecule has 0 saturated heterocycles. The van der Waals surface area contributed by atoms with Gasteiger partial charge in [0.05, 0.1) is 10.0 Å². The quantitative estimate of drug-likeness (QED) is 0.482. The largest absolute Gasteiger partial charge is 0.309 e. The SMILES string of the molecule is Sc1ccc(Cc2ccc(Cl)c(Cl)c2)cc1CNCc1ccccc1. The molecule has 0 fully saturated rings. The fourth-order valence-corrected chi connectivity index (χ4v) is 3.25. The number of thiol groups is 1. The van der Waals surface area contributed by atoms with Crippen LogP contribution in [0.5, 0.6) is 0 Å². The van der Waals surface area contributed by atoms with E-state index in [-0.39, 0.29) is 0 Å². The molecule has 25 heavy (non-hydrogen) atoms. The zero-order chi connectivity index (χ0) is 17.6. The normalized spacial score (nSPS) is 10.8. The number of hydrogen-bond acceptors (Lipinski definition) is 2. The highest BCUT2D eigenvalue weighted by Gasteiger charge is 2.05. The third-order valence-electron chi connectivity index (χ3n) is 4.02. The molecular weight excluding hydrogens is 369 g/mol. The van der Waals surface area contributed by atoms with Crippen molar-refractivity contribution in [2.45, 2.75) is 24.4 Å². The molecule has 0 radical (unpaired) electrons. The summed E-state index contributed by atoms with van der Waals surface area (Å²) in [6.45, 7) is 1.62. The third-order valence-corrected chi connectivity index (χ3v) is 5.20. The minimum atomic E-state index is 0.585. The molecule has 1 nitrogen and oxygen atoms in total. The highest BCUT2D eigenvalue weighted by Crippen LogP contribution is 2.25. The second-order valence-electron chi connectivity index (χ2n) is 5.98. The van der Waals surface area contributed by atoms with Crippen LogP contribution in [0.2, 0.25) is 10.0 Å². The van der Waals surface area contributed by atoms with Crippen molar-refractivity contribution in [3.63, 3.8) is 0 Å². The molecule has 1 N–H and O–H groups in total. The molecule has 0 saturated carbocycles. The molecule has 0 atom stereocenters. The van der Waals surface area contributed by atoms with Gasteiger partial charge in [0.15, 0.2) is 0 Å². The van der Waals surface area contributed by atoms with Crippen LogP contribution >= 0.6 is 35.8 Å². The van der Waals surface area contributed by atoms with Gasteiger partial charge in [0.2, 0.25) is 0 Å². The Morgan fingerprint density at radius 2 is 1.44 bits per heavy atom. The maximum Gasteiger partial charge on any atom is 0.0595 e. The second kappa shape index (κ2) is 8.77. The van der Waals surface area contributed by atoms with E-state index in [0.717, 1.165) is 30.0 Å². The summed E-state index contributed by atoms with van der Waals surface area (Å²) in [5.74, 6) is 0. The summed E-state index contributed by atoms with van der Waals surface area (Å²) in [5.41, 5.74) is 4.84. The summed E-state index contributed by atoms with van der Waals surface area (Å²) in [7, 11) is 0. The molecule has 3 aromatic rings. The highest BCUT2D eigenvalue weighted by molar-refractivity contribution is 7.80. The molecule has 0 aliphatic rings. The van der Waals surface area contributed by atoms with Crippen LogP contribution in [0.4, 0.5) is 0 Å². The van der Waals surface area contributed by atoms with Crippen molar-refractivity contribution in [2.75, 3.05) is 0 Å². The summed E-state index contributed by atoms with van der Waals surface area (Å²) in [6, 6.07) is 22.5. The van der Waals surface area contributed by atoms with Crippen molar-refractivity contribution in [3.05, 3.63) is 99.0 Å². The van der Waals surface area contributed by atoms with Crippen LogP contribution in [-0.2, 0) is 19.5 Å². The van der Waals surface area contributed by atoms with Crippen molar-refractivity contribution >= 4 is 35.8 Å². The van der Waals surface area contributed by atoms with Crippen molar-refractivity contribution in [1.29, 1.82) is 0 Å². The molecule has 128 valence electrons. The van der Waals surface area contributed by atoms with Crippen molar-refractivity contribution in [2.24, 2.45) is 0 Å². The third kappa shape index (κ3) is 5.26. The molecule has 0 heterocycles. The topological polar surface area (TPSA) is 12.0 Å². The predicted octanol–water partition coefficient (Wildman–Crippen LogP) is 6.16. The van der Waals surface area contributed by atoms with Crippen LogP contribution in [-0.4, -0.2) is 0 Å². The van der Waals surface area contributed by atoms with Gasteiger partial charge in [-0.1, -0.05) is 71.7 Å². The number of hydrogen-bond donors (Lipinski definition) is 2. The second-order valence-corrected chi connectivity index (χ2v) is 7.27. The van der Waals surface area contributed by atoms with Crippen LogP contribution in [0.1, 0.15) is 22.3 Å². The van der Waals surface area contributed by atoms with E-state index in [9.17, 15) is 0 Å². The Morgan fingerprint density at radius 3 is 2.20 bits per heavy atom. The van der Waals surface area contributed by atoms with Crippen LogP contribution in [0.15, 0.2) is 71.6 Å². The van der Waals surface area contributed by atoms with E-state index < -0.39 is 0 Å². The van der Waals surface area contributed by atoms with Gasteiger partial charge in [0.25, 0.3) is 0 Å². The van der Waals surface area contributed by atoms with Gasteiger partial charge < -0.3 is 5.32 Å². The molecule has 0 bridgehead atoms. The minimum Gasteiger partial charge on any atom is -0.309 e. The summed E-state index contributed by atoms with van der Waals surface area (Å²) in [6.07, 6.45) is 0.816. The molecule has 0 spiro atoms. The lowest BCUT2D eigenvalue weighted by molar-refractivity contribution is 0.685. The van der Waals surface area contributed by atoms with E-state index in [0.29, 0.717) is 10.0 Å². The zero-order valence-electron chi connectivity index (χ0n) is 13.7. The molecule has 3 rings (SSSR count). The van der Waals surface area contributed by atoms with E-state index in [2.05, 4.69) is 60.4 Å². The first kappa shape index (κ1) is 18.3. The number of halogens is 2. The Kier molecular flexibility index (Phi) is 6.44. The summed E-state index contributed by atoms with van der Waals surface area (Å²) >= 11 is 16.7. The summed E-state index contributed by atoms with van der Waals surface area (Å²) < 4.78 is 0. The highest BCUT2D eigenvalue weighted by atomic mass is 35.5. The van der Waals surface area contributed by atoms with Gasteiger partial charge >= 0.3 is 0 Å². The monoisotopic (exact) mass is 387 g/mol. The molecule has 0 unspecified atom stereocenters. The molecule has 0 aromatic heterocycles. The van der Waals surface area contributed by atoms with Crippen molar-refractivity contribution in [3.8, 4) is 0 Å². The van der Waals surface area contributed by atoms with Crippen molar-refractivity contribution in [1.82, 2.24) is 5.32 Å². The standard InChI is InChI=1S/C21H19Cl2NS/c22-19-8-6-17(12-20(19)23)10-16-7-9-21(25)18(11-16)14-24-13-15-4-2-1-3-5-15/h1-9,11-12,24-25H,10,13-14H2. The number of rotatable bonds is 6. The minimum absolute atomic E-state index is 0.585. The first-order valence-corrected chi connectivity index (χ1v) is 9.31. The van der Waals surface area contributed by atoms with Gasteiger partial charge in [-0.25, -0.2) is 0 Å². The maximum absolute atomic E-state index is 6.11. The Labute approximate surface area is 164 Å². The van der Waals surface area contributed by atoms with E-state index in [1.807, 2.05) is 24.3 Å². The van der Waals surface area contributed by atoms with Crippen LogP contribution in [0, 0.1) is 0 Å². The van der Waals surface area contributed by atoms with Crippen molar-refractivity contribution < 1.29 is 0 Å². The first-order chi connectivity index (χ1) is 12.1. The summed E-state index contributed by atoms with van der Waals surface area (Å²) in [4.78, 5) is 0.999. The lowest BCUT2D eigenvalue weighted by Crippen LogP contribution is -2.13. The zero-order valence-corrected chi connectivity index (χ0v) is 16.1. The van der Waals surface area contributed by atoms with Gasteiger partial charge in [0, 0.05) is 18.0 Å². The smallest absolute Gasteiger partial charge is 0.0595 e. The van der Waals surface area contributed by atoms with Gasteiger partial charge in [-0.15, -0.1) is 12.6 Å². The lowest BCUT2D eigenvalue weighted by Gasteiger charge is -2.11.